The molecule has 2 unspecified atom stereocenters. The first-order valence-corrected chi connectivity index (χ1v) is 6.49. The normalized spacial score (nSPS) is 24.4. The molecule has 1 fully saturated rings. The number of nitrogens with one attached hydrogen (secondary N) is 1. The Labute approximate surface area is 104 Å². The van der Waals surface area contributed by atoms with Crippen molar-refractivity contribution in [1.29, 1.82) is 0 Å². The lowest BCUT2D eigenvalue weighted by Gasteiger charge is -2.23. The van der Waals surface area contributed by atoms with E-state index in [2.05, 4.69) is 43.1 Å². The van der Waals surface area contributed by atoms with Crippen molar-refractivity contribution >= 4 is 5.82 Å². The molecule has 3 nitrogen and oxygen atoms in total. The Hall–Kier alpha value is -1.09. The third-order valence-corrected chi connectivity index (χ3v) is 3.63. The summed E-state index contributed by atoms with van der Waals surface area (Å²) in [6, 6.07) is 4.98. The predicted molar refractivity (Wildman–Crippen MR) is 72.3 cm³/mol. The van der Waals surface area contributed by atoms with Crippen molar-refractivity contribution in [1.82, 2.24) is 10.3 Å². The molecule has 94 valence electrons. The van der Waals surface area contributed by atoms with Crippen LogP contribution in [0.5, 0.6) is 0 Å². The summed E-state index contributed by atoms with van der Waals surface area (Å²) >= 11 is 0. The quantitative estimate of drug-likeness (QED) is 0.868. The number of hydrogen-bond donors (Lipinski definition) is 1. The monoisotopic (exact) mass is 233 g/mol. The molecule has 1 aliphatic rings. The van der Waals surface area contributed by atoms with Crippen molar-refractivity contribution in [3.05, 3.63) is 23.4 Å². The van der Waals surface area contributed by atoms with Crippen LogP contribution >= 0.6 is 0 Å². The van der Waals surface area contributed by atoms with Gasteiger partial charge < -0.3 is 10.2 Å². The lowest BCUT2D eigenvalue weighted by Crippen LogP contribution is -2.27. The number of aromatic nitrogens is 1. The van der Waals surface area contributed by atoms with Crippen LogP contribution < -0.4 is 10.2 Å². The largest absolute Gasteiger partial charge is 0.354 e. The maximum absolute atomic E-state index is 4.74. The highest BCUT2D eigenvalue weighted by Crippen LogP contribution is 2.27. The molecule has 2 atom stereocenters. The van der Waals surface area contributed by atoms with E-state index in [1.54, 1.807) is 0 Å². The summed E-state index contributed by atoms with van der Waals surface area (Å²) in [7, 11) is 1.97. The molecule has 3 heteroatoms. The number of pyridine rings is 1. The van der Waals surface area contributed by atoms with Gasteiger partial charge in [0.05, 0.1) is 0 Å². The molecular formula is C14H23N3. The highest BCUT2D eigenvalue weighted by atomic mass is 15.2. The molecule has 17 heavy (non-hydrogen) atoms. The summed E-state index contributed by atoms with van der Waals surface area (Å²) in [5.41, 5.74) is 2.43. The third-order valence-electron chi connectivity index (χ3n) is 3.63. The Kier molecular flexibility index (Phi) is 3.67. The van der Waals surface area contributed by atoms with Crippen molar-refractivity contribution in [2.24, 2.45) is 5.92 Å². The van der Waals surface area contributed by atoms with Gasteiger partial charge in [-0.15, -0.1) is 0 Å². The van der Waals surface area contributed by atoms with Gasteiger partial charge in [-0.05, 0) is 44.9 Å². The molecule has 0 spiro atoms. The van der Waals surface area contributed by atoms with Crippen molar-refractivity contribution < 1.29 is 0 Å². The van der Waals surface area contributed by atoms with Crippen LogP contribution in [0, 0.1) is 12.8 Å². The third kappa shape index (κ3) is 2.60. The average Bonchev–Trinajstić information content (AvgIpc) is 2.61. The number of rotatable bonds is 3. The van der Waals surface area contributed by atoms with E-state index in [4.69, 9.17) is 4.98 Å². The smallest absolute Gasteiger partial charge is 0.129 e. The minimum atomic E-state index is 0.618. The minimum absolute atomic E-state index is 0.618. The molecule has 1 saturated heterocycles. The molecule has 0 amide bonds. The van der Waals surface area contributed by atoms with Crippen molar-refractivity contribution in [3.63, 3.8) is 0 Å². The van der Waals surface area contributed by atoms with Crippen LogP contribution in [0.15, 0.2) is 12.1 Å². The first-order chi connectivity index (χ1) is 8.11. The second-order valence-electron chi connectivity index (χ2n) is 5.29. The van der Waals surface area contributed by atoms with Gasteiger partial charge in [0, 0.05) is 24.8 Å². The van der Waals surface area contributed by atoms with E-state index in [0.29, 0.717) is 6.04 Å². The molecule has 0 radical (unpaired) electrons. The van der Waals surface area contributed by atoms with E-state index < -0.39 is 0 Å². The van der Waals surface area contributed by atoms with Crippen LogP contribution in [0.2, 0.25) is 0 Å². The zero-order chi connectivity index (χ0) is 12.4. The zero-order valence-corrected chi connectivity index (χ0v) is 11.3. The number of nitrogens with zero attached hydrogens (tertiary/aromatic N) is 2. The number of hydrogen-bond acceptors (Lipinski definition) is 3. The Morgan fingerprint density at radius 1 is 1.41 bits per heavy atom. The Morgan fingerprint density at radius 2 is 2.18 bits per heavy atom. The molecule has 2 rings (SSSR count). The van der Waals surface area contributed by atoms with Crippen LogP contribution in [0.25, 0.3) is 0 Å². The molecular weight excluding hydrogens is 210 g/mol. The predicted octanol–water partition coefficient (Wildman–Crippen LogP) is 2.34. The molecule has 1 aromatic rings. The van der Waals surface area contributed by atoms with Crippen LogP contribution in [-0.4, -0.2) is 24.6 Å². The van der Waals surface area contributed by atoms with Gasteiger partial charge >= 0.3 is 0 Å². The molecule has 2 heterocycles. The molecule has 0 aromatic carbocycles. The van der Waals surface area contributed by atoms with Crippen molar-refractivity contribution in [2.45, 2.75) is 39.8 Å². The van der Waals surface area contributed by atoms with E-state index in [9.17, 15) is 0 Å². The van der Waals surface area contributed by atoms with E-state index in [1.165, 1.54) is 12.0 Å². The summed E-state index contributed by atoms with van der Waals surface area (Å²) in [6.45, 7) is 8.74. The zero-order valence-electron chi connectivity index (χ0n) is 11.3. The molecule has 0 saturated carbocycles. The molecule has 1 aliphatic heterocycles. The maximum Gasteiger partial charge on any atom is 0.129 e. The van der Waals surface area contributed by atoms with Gasteiger partial charge in [-0.1, -0.05) is 13.0 Å². The fraction of sp³-hybridized carbons (Fsp3) is 0.643. The number of aryl methyl sites for hydroxylation is 1. The molecule has 0 bridgehead atoms. The average molecular weight is 233 g/mol. The highest BCUT2D eigenvalue weighted by Gasteiger charge is 2.27. The van der Waals surface area contributed by atoms with Crippen LogP contribution in [0.4, 0.5) is 5.82 Å². The summed E-state index contributed by atoms with van der Waals surface area (Å²) in [5.74, 6) is 1.92. The highest BCUT2D eigenvalue weighted by molar-refractivity contribution is 5.43. The molecule has 0 aliphatic carbocycles. The summed E-state index contributed by atoms with van der Waals surface area (Å²) in [4.78, 5) is 7.18. The second kappa shape index (κ2) is 5.05. The fourth-order valence-corrected chi connectivity index (χ4v) is 2.73. The first-order valence-electron chi connectivity index (χ1n) is 6.49. The van der Waals surface area contributed by atoms with E-state index in [1.807, 2.05) is 7.05 Å². The van der Waals surface area contributed by atoms with E-state index in [-0.39, 0.29) is 0 Å². The Balaban J connectivity index is 2.20. The minimum Gasteiger partial charge on any atom is -0.354 e. The van der Waals surface area contributed by atoms with Gasteiger partial charge in [0.25, 0.3) is 0 Å². The van der Waals surface area contributed by atoms with Crippen molar-refractivity contribution in [2.75, 3.05) is 18.5 Å². The van der Waals surface area contributed by atoms with Gasteiger partial charge in [-0.3, -0.25) is 0 Å². The number of anilines is 1. The maximum atomic E-state index is 4.74. The summed E-state index contributed by atoms with van der Waals surface area (Å²) in [6.07, 6.45) is 1.28. The molecule has 1 N–H and O–H groups in total. The van der Waals surface area contributed by atoms with E-state index in [0.717, 1.165) is 30.5 Å². The Bertz CT molecular complexity index is 389. The lowest BCUT2D eigenvalue weighted by atomic mass is 10.1. The van der Waals surface area contributed by atoms with Crippen LogP contribution in [0.1, 0.15) is 31.5 Å². The SMILES string of the molecule is CNCc1ccc(N2CC(C)CC2C)nc1C. The van der Waals surface area contributed by atoms with E-state index >= 15 is 0 Å². The second-order valence-corrected chi connectivity index (χ2v) is 5.29. The van der Waals surface area contributed by atoms with Crippen LogP contribution in [0.3, 0.4) is 0 Å². The fourth-order valence-electron chi connectivity index (χ4n) is 2.73. The Morgan fingerprint density at radius 3 is 2.71 bits per heavy atom. The standard InChI is InChI=1S/C14H23N3/c1-10-7-11(2)17(9-10)14-6-5-13(8-15-4)12(3)16-14/h5-6,10-11,15H,7-9H2,1-4H3. The lowest BCUT2D eigenvalue weighted by molar-refractivity contribution is 0.625. The van der Waals surface area contributed by atoms with Gasteiger partial charge in [-0.25, -0.2) is 4.98 Å². The van der Waals surface area contributed by atoms with Gasteiger partial charge in [-0.2, -0.15) is 0 Å². The van der Waals surface area contributed by atoms with Gasteiger partial charge in [0.1, 0.15) is 5.82 Å². The topological polar surface area (TPSA) is 28.2 Å². The van der Waals surface area contributed by atoms with Crippen LogP contribution in [-0.2, 0) is 6.54 Å². The van der Waals surface area contributed by atoms with Gasteiger partial charge in [0.2, 0.25) is 0 Å². The van der Waals surface area contributed by atoms with Gasteiger partial charge in [0.15, 0.2) is 0 Å². The summed E-state index contributed by atoms with van der Waals surface area (Å²) in [5, 5.41) is 3.18. The van der Waals surface area contributed by atoms with Crippen molar-refractivity contribution in [3.8, 4) is 0 Å². The molecule has 1 aromatic heterocycles. The summed E-state index contributed by atoms with van der Waals surface area (Å²) < 4.78 is 0. The first kappa shape index (κ1) is 12.4.